The molecule has 2 heterocycles. The number of furan rings is 1. The molecule has 0 atom stereocenters. The fraction of sp³-hybridized carbons (Fsp3) is 0.0769. The first-order valence-electron chi connectivity index (χ1n) is 9.97. The fourth-order valence-corrected chi connectivity index (χ4v) is 3.79. The Bertz CT molecular complexity index is 1530. The minimum Gasteiger partial charge on any atom is -0.493 e. The predicted molar refractivity (Wildman–Crippen MR) is 120 cm³/mol. The third-order valence-electron chi connectivity index (χ3n) is 5.34. The van der Waals surface area contributed by atoms with Crippen LogP contribution in [0.2, 0.25) is 0 Å². The van der Waals surface area contributed by atoms with Crippen molar-refractivity contribution in [3.8, 4) is 22.6 Å². The molecule has 0 saturated carbocycles. The van der Waals surface area contributed by atoms with Gasteiger partial charge >= 0.3 is 11.6 Å². The lowest BCUT2D eigenvalue weighted by atomic mass is 9.99. The van der Waals surface area contributed by atoms with E-state index in [9.17, 15) is 9.59 Å². The molecule has 5 rings (SSSR count). The summed E-state index contributed by atoms with van der Waals surface area (Å²) in [6.07, 6.45) is 0. The van der Waals surface area contributed by atoms with Crippen LogP contribution in [0, 0.1) is 6.92 Å². The van der Waals surface area contributed by atoms with Gasteiger partial charge in [0.05, 0.1) is 12.7 Å². The molecule has 0 amide bonds. The van der Waals surface area contributed by atoms with Gasteiger partial charge in [-0.3, -0.25) is 0 Å². The van der Waals surface area contributed by atoms with E-state index in [1.54, 1.807) is 30.3 Å². The number of esters is 1. The lowest BCUT2D eigenvalue weighted by molar-refractivity contribution is 0.0704. The third kappa shape index (κ3) is 3.32. The third-order valence-corrected chi connectivity index (χ3v) is 5.34. The molecule has 0 aliphatic heterocycles. The molecule has 6 nitrogen and oxygen atoms in total. The standard InChI is InChI=1S/C26H18O6/c1-15-19-14-18(11-12-20(19)32-26(28)23(15)16-7-4-3-5-8-16)30-25(27)22-13-17-9-6-10-21(29-2)24(17)31-22/h3-14H,1-2H3. The molecular weight excluding hydrogens is 408 g/mol. The molecule has 0 radical (unpaired) electrons. The highest BCUT2D eigenvalue weighted by Gasteiger charge is 2.18. The van der Waals surface area contributed by atoms with Crippen LogP contribution in [0.3, 0.4) is 0 Å². The van der Waals surface area contributed by atoms with Crippen LogP contribution in [0.15, 0.2) is 86.4 Å². The van der Waals surface area contributed by atoms with Gasteiger partial charge in [-0.05, 0) is 48.4 Å². The van der Waals surface area contributed by atoms with Gasteiger partial charge in [0, 0.05) is 10.8 Å². The molecule has 0 N–H and O–H groups in total. The molecule has 158 valence electrons. The minimum absolute atomic E-state index is 0.0610. The van der Waals surface area contributed by atoms with Crippen molar-refractivity contribution < 1.29 is 23.1 Å². The molecule has 2 aromatic heterocycles. The highest BCUT2D eigenvalue weighted by atomic mass is 16.5. The lowest BCUT2D eigenvalue weighted by Gasteiger charge is -2.09. The lowest BCUT2D eigenvalue weighted by Crippen LogP contribution is -2.08. The van der Waals surface area contributed by atoms with Crippen molar-refractivity contribution in [1.29, 1.82) is 0 Å². The van der Waals surface area contributed by atoms with Crippen LogP contribution in [-0.2, 0) is 0 Å². The first kappa shape index (κ1) is 19.6. The van der Waals surface area contributed by atoms with Crippen LogP contribution >= 0.6 is 0 Å². The van der Waals surface area contributed by atoms with E-state index in [1.807, 2.05) is 49.4 Å². The van der Waals surface area contributed by atoms with Crippen LogP contribution in [-0.4, -0.2) is 13.1 Å². The Morgan fingerprint density at radius 2 is 1.72 bits per heavy atom. The second kappa shape index (κ2) is 7.74. The largest absolute Gasteiger partial charge is 0.493 e. The van der Waals surface area contributed by atoms with Crippen LogP contribution in [0.25, 0.3) is 33.1 Å². The number of aryl methyl sites for hydroxylation is 1. The molecule has 0 saturated heterocycles. The van der Waals surface area contributed by atoms with Crippen LogP contribution < -0.4 is 15.1 Å². The fourth-order valence-electron chi connectivity index (χ4n) is 3.79. The average molecular weight is 426 g/mol. The number of hydrogen-bond donors (Lipinski definition) is 0. The first-order valence-corrected chi connectivity index (χ1v) is 9.97. The van der Waals surface area contributed by atoms with Crippen molar-refractivity contribution in [3.63, 3.8) is 0 Å². The number of methoxy groups -OCH3 is 1. The van der Waals surface area contributed by atoms with E-state index in [0.29, 0.717) is 33.6 Å². The van der Waals surface area contributed by atoms with E-state index in [2.05, 4.69) is 0 Å². The summed E-state index contributed by atoms with van der Waals surface area (Å²) in [4.78, 5) is 25.3. The summed E-state index contributed by atoms with van der Waals surface area (Å²) >= 11 is 0. The number of hydrogen-bond acceptors (Lipinski definition) is 6. The predicted octanol–water partition coefficient (Wildman–Crippen LogP) is 5.74. The molecule has 0 unspecified atom stereocenters. The maximum atomic E-state index is 12.7. The summed E-state index contributed by atoms with van der Waals surface area (Å²) in [5.74, 6) is 0.268. The number of benzene rings is 3. The first-order chi connectivity index (χ1) is 15.5. The second-order valence-corrected chi connectivity index (χ2v) is 7.29. The quantitative estimate of drug-likeness (QED) is 0.207. The van der Waals surface area contributed by atoms with E-state index in [1.165, 1.54) is 7.11 Å². The molecule has 0 aliphatic rings. The summed E-state index contributed by atoms with van der Waals surface area (Å²) in [6, 6.07) is 21.2. The number of carbonyl (C=O) groups is 1. The van der Waals surface area contributed by atoms with Crippen LogP contribution in [0.1, 0.15) is 16.1 Å². The van der Waals surface area contributed by atoms with E-state index in [0.717, 1.165) is 16.5 Å². The highest BCUT2D eigenvalue weighted by Crippen LogP contribution is 2.31. The van der Waals surface area contributed by atoms with Crippen LogP contribution in [0.4, 0.5) is 0 Å². The Morgan fingerprint density at radius 3 is 2.50 bits per heavy atom. The van der Waals surface area contributed by atoms with Crippen molar-refractivity contribution in [1.82, 2.24) is 0 Å². The van der Waals surface area contributed by atoms with Gasteiger partial charge in [-0.15, -0.1) is 0 Å². The van der Waals surface area contributed by atoms with Gasteiger partial charge in [0.2, 0.25) is 5.76 Å². The topological polar surface area (TPSA) is 78.9 Å². The Kier molecular flexibility index (Phi) is 4.75. The molecular formula is C26H18O6. The Labute approximate surface area is 182 Å². The van der Waals surface area contributed by atoms with E-state index < -0.39 is 11.6 Å². The molecule has 5 aromatic rings. The minimum atomic E-state index is -0.638. The van der Waals surface area contributed by atoms with Crippen LogP contribution in [0.5, 0.6) is 11.5 Å². The van der Waals surface area contributed by atoms with Gasteiger partial charge in [-0.25, -0.2) is 9.59 Å². The number of ether oxygens (including phenoxy) is 2. The zero-order valence-corrected chi connectivity index (χ0v) is 17.4. The van der Waals surface area contributed by atoms with E-state index in [4.69, 9.17) is 18.3 Å². The molecule has 0 fully saturated rings. The molecule has 6 heteroatoms. The average Bonchev–Trinajstić information content (AvgIpc) is 3.25. The summed E-state index contributed by atoms with van der Waals surface area (Å²) in [5, 5.41) is 1.42. The van der Waals surface area contributed by atoms with Crippen molar-refractivity contribution in [2.24, 2.45) is 0 Å². The van der Waals surface area contributed by atoms with E-state index in [-0.39, 0.29) is 5.76 Å². The van der Waals surface area contributed by atoms with Crippen molar-refractivity contribution in [3.05, 3.63) is 94.5 Å². The number of carbonyl (C=O) groups excluding carboxylic acids is 1. The maximum absolute atomic E-state index is 12.7. The van der Waals surface area contributed by atoms with Gasteiger partial charge in [0.15, 0.2) is 11.3 Å². The van der Waals surface area contributed by atoms with Gasteiger partial charge < -0.3 is 18.3 Å². The molecule has 0 spiro atoms. The number of rotatable bonds is 4. The Balaban J connectivity index is 1.52. The van der Waals surface area contributed by atoms with Gasteiger partial charge in [-0.2, -0.15) is 0 Å². The Morgan fingerprint density at radius 1 is 0.906 bits per heavy atom. The number of para-hydroxylation sites is 1. The van der Waals surface area contributed by atoms with Crippen molar-refractivity contribution >= 4 is 27.9 Å². The normalized spacial score (nSPS) is 11.1. The van der Waals surface area contributed by atoms with Gasteiger partial charge in [0.1, 0.15) is 11.3 Å². The van der Waals surface area contributed by atoms with Crippen molar-refractivity contribution in [2.45, 2.75) is 6.92 Å². The smallest absolute Gasteiger partial charge is 0.379 e. The maximum Gasteiger partial charge on any atom is 0.379 e. The number of fused-ring (bicyclic) bond motifs is 2. The highest BCUT2D eigenvalue weighted by molar-refractivity contribution is 5.96. The zero-order chi connectivity index (χ0) is 22.2. The summed E-state index contributed by atoms with van der Waals surface area (Å²) < 4.78 is 22.0. The summed E-state index contributed by atoms with van der Waals surface area (Å²) in [6.45, 7) is 1.85. The summed E-state index contributed by atoms with van der Waals surface area (Å²) in [5.41, 5.74) is 2.47. The monoisotopic (exact) mass is 426 g/mol. The zero-order valence-electron chi connectivity index (χ0n) is 17.4. The summed E-state index contributed by atoms with van der Waals surface area (Å²) in [7, 11) is 1.54. The van der Waals surface area contributed by atoms with Crippen molar-refractivity contribution in [2.75, 3.05) is 7.11 Å². The molecule has 0 bridgehead atoms. The Hall–Kier alpha value is -4.32. The SMILES string of the molecule is COc1cccc2cc(C(=O)Oc3ccc4oc(=O)c(-c5ccccc5)c(C)c4c3)oc12. The van der Waals surface area contributed by atoms with Gasteiger partial charge in [-0.1, -0.05) is 42.5 Å². The molecule has 0 aliphatic carbocycles. The second-order valence-electron chi connectivity index (χ2n) is 7.29. The van der Waals surface area contributed by atoms with E-state index >= 15 is 0 Å². The van der Waals surface area contributed by atoms with Gasteiger partial charge in [0.25, 0.3) is 0 Å². The molecule has 32 heavy (non-hydrogen) atoms. The molecule has 3 aromatic carbocycles.